The number of carbonyl (C=O) groups is 1. The highest BCUT2D eigenvalue weighted by atomic mass is 35.5. The normalized spacial score (nSPS) is 11.4. The molecule has 11 heteroatoms. The van der Waals surface area contributed by atoms with Crippen molar-refractivity contribution in [2.75, 3.05) is 22.6 Å². The van der Waals surface area contributed by atoms with Gasteiger partial charge in [-0.25, -0.2) is 14.8 Å². The number of benzene rings is 3. The van der Waals surface area contributed by atoms with Gasteiger partial charge in [0.05, 0.1) is 11.3 Å². The lowest BCUT2D eigenvalue weighted by Crippen LogP contribution is -2.20. The van der Waals surface area contributed by atoms with Crippen molar-refractivity contribution in [1.29, 1.82) is 0 Å². The second-order valence-corrected chi connectivity index (χ2v) is 9.27. The Morgan fingerprint density at radius 3 is 2.41 bits per heavy atom. The third kappa shape index (κ3) is 6.12. The number of halogens is 4. The van der Waals surface area contributed by atoms with Crippen molar-refractivity contribution in [1.82, 2.24) is 14.4 Å². The Morgan fingerprint density at radius 1 is 1.00 bits per heavy atom. The molecule has 5 rings (SSSR count). The first-order valence-electron chi connectivity index (χ1n) is 11.8. The monoisotopic (exact) mass is 550 g/mol. The van der Waals surface area contributed by atoms with Gasteiger partial charge in [-0.1, -0.05) is 41.9 Å². The van der Waals surface area contributed by atoms with Gasteiger partial charge < -0.3 is 19.9 Å². The van der Waals surface area contributed by atoms with Crippen LogP contribution in [0.3, 0.4) is 0 Å². The molecule has 39 heavy (non-hydrogen) atoms. The van der Waals surface area contributed by atoms with E-state index >= 15 is 0 Å². The van der Waals surface area contributed by atoms with Crippen molar-refractivity contribution in [2.24, 2.45) is 0 Å². The SMILES string of the molecule is CN(Cc1ccc(Cl)cc1)c1nc(-c2cccc(NC(=O)Nc3cccc(C(F)(F)F)c3)c2)cn2ccnc12. The molecule has 0 aliphatic carbocycles. The standard InChI is InChI=1S/C28H22ClF3N6O/c1-37(16-18-8-10-21(29)11-9-18)26-25-33-12-13-38(25)17-24(36-26)19-4-2-6-22(14-19)34-27(39)35-23-7-3-5-20(15-23)28(30,31)32/h2-15,17H,16H2,1H3,(H2,34,35,39). The maximum Gasteiger partial charge on any atom is 0.416 e. The average molecular weight is 551 g/mol. The van der Waals surface area contributed by atoms with Crippen LogP contribution in [-0.2, 0) is 12.7 Å². The van der Waals surface area contributed by atoms with Gasteiger partial charge in [-0.05, 0) is 48.0 Å². The Hall–Kier alpha value is -4.57. The highest BCUT2D eigenvalue weighted by Gasteiger charge is 2.30. The minimum atomic E-state index is -4.51. The lowest BCUT2D eigenvalue weighted by Gasteiger charge is -2.20. The summed E-state index contributed by atoms with van der Waals surface area (Å²) in [5, 5.41) is 5.77. The van der Waals surface area contributed by atoms with Crippen molar-refractivity contribution < 1.29 is 18.0 Å². The zero-order valence-electron chi connectivity index (χ0n) is 20.6. The third-order valence-electron chi connectivity index (χ3n) is 5.91. The molecule has 198 valence electrons. The molecule has 2 aromatic heterocycles. The fourth-order valence-corrected chi connectivity index (χ4v) is 4.20. The van der Waals surface area contributed by atoms with Gasteiger partial charge in [0.2, 0.25) is 0 Å². The Balaban J connectivity index is 1.37. The molecule has 0 fully saturated rings. The van der Waals surface area contributed by atoms with E-state index in [2.05, 4.69) is 15.6 Å². The topological polar surface area (TPSA) is 74.6 Å². The van der Waals surface area contributed by atoms with E-state index in [-0.39, 0.29) is 5.69 Å². The van der Waals surface area contributed by atoms with E-state index in [4.69, 9.17) is 16.6 Å². The fourth-order valence-electron chi connectivity index (χ4n) is 4.07. The molecular formula is C28H22ClF3N6O. The number of hydrogen-bond acceptors (Lipinski definition) is 4. The number of anilines is 3. The second-order valence-electron chi connectivity index (χ2n) is 8.83. The molecule has 2 heterocycles. The lowest BCUT2D eigenvalue weighted by atomic mass is 10.1. The summed E-state index contributed by atoms with van der Waals surface area (Å²) in [7, 11) is 1.92. The van der Waals surface area contributed by atoms with Crippen LogP contribution in [0.5, 0.6) is 0 Å². The van der Waals surface area contributed by atoms with Crippen LogP contribution < -0.4 is 15.5 Å². The largest absolute Gasteiger partial charge is 0.416 e. The zero-order chi connectivity index (χ0) is 27.6. The Morgan fingerprint density at radius 2 is 1.69 bits per heavy atom. The van der Waals surface area contributed by atoms with Crippen LogP contribution in [0, 0.1) is 0 Å². The molecule has 0 saturated carbocycles. The van der Waals surface area contributed by atoms with Crippen LogP contribution in [0.1, 0.15) is 11.1 Å². The van der Waals surface area contributed by atoms with Gasteiger partial charge in [0.1, 0.15) is 0 Å². The predicted molar refractivity (Wildman–Crippen MR) is 146 cm³/mol. The van der Waals surface area contributed by atoms with E-state index in [1.165, 1.54) is 12.1 Å². The maximum atomic E-state index is 13.0. The number of aromatic nitrogens is 3. The summed E-state index contributed by atoms with van der Waals surface area (Å²) in [6.07, 6.45) is 0.846. The number of alkyl halides is 3. The number of imidazole rings is 1. The molecule has 0 unspecified atom stereocenters. The van der Waals surface area contributed by atoms with Gasteiger partial charge in [0, 0.05) is 54.1 Å². The minimum absolute atomic E-state index is 0.0269. The molecular weight excluding hydrogens is 529 g/mol. The first-order chi connectivity index (χ1) is 18.7. The van der Waals surface area contributed by atoms with Gasteiger partial charge in [-0.15, -0.1) is 0 Å². The van der Waals surface area contributed by atoms with Crippen LogP contribution in [0.4, 0.5) is 35.2 Å². The number of nitrogens with zero attached hydrogens (tertiary/aromatic N) is 4. The number of urea groups is 1. The number of amides is 2. The van der Waals surface area contributed by atoms with Gasteiger partial charge in [0.15, 0.2) is 11.5 Å². The summed E-state index contributed by atoms with van der Waals surface area (Å²) in [6, 6.07) is 18.4. The highest BCUT2D eigenvalue weighted by Crippen LogP contribution is 2.31. The summed E-state index contributed by atoms with van der Waals surface area (Å²) in [6.45, 7) is 0.577. The van der Waals surface area contributed by atoms with E-state index in [0.29, 0.717) is 34.4 Å². The summed E-state index contributed by atoms with van der Waals surface area (Å²) >= 11 is 6.01. The van der Waals surface area contributed by atoms with Crippen LogP contribution in [0.25, 0.3) is 16.9 Å². The number of carbonyl (C=O) groups excluding carboxylic acids is 1. The number of fused-ring (bicyclic) bond motifs is 1. The smallest absolute Gasteiger partial charge is 0.352 e. The van der Waals surface area contributed by atoms with Crippen molar-refractivity contribution >= 4 is 40.5 Å². The van der Waals surface area contributed by atoms with Gasteiger partial charge >= 0.3 is 12.2 Å². The van der Waals surface area contributed by atoms with E-state index in [0.717, 1.165) is 23.3 Å². The van der Waals surface area contributed by atoms with E-state index < -0.39 is 17.8 Å². The molecule has 0 saturated heterocycles. The molecule has 2 N–H and O–H groups in total. The number of rotatable bonds is 6. The lowest BCUT2D eigenvalue weighted by molar-refractivity contribution is -0.137. The van der Waals surface area contributed by atoms with Crippen LogP contribution >= 0.6 is 11.6 Å². The molecule has 2 amide bonds. The number of hydrogen-bond donors (Lipinski definition) is 2. The van der Waals surface area contributed by atoms with Crippen molar-refractivity contribution in [2.45, 2.75) is 12.7 Å². The van der Waals surface area contributed by atoms with Crippen molar-refractivity contribution in [3.05, 3.63) is 108 Å². The van der Waals surface area contributed by atoms with Gasteiger partial charge in [-0.2, -0.15) is 13.2 Å². The Kier molecular flexibility index (Phi) is 7.12. The van der Waals surface area contributed by atoms with Crippen molar-refractivity contribution in [3.8, 4) is 11.3 Å². The summed E-state index contributed by atoms with van der Waals surface area (Å²) in [5.41, 5.74) is 2.73. The number of nitrogens with one attached hydrogen (secondary N) is 2. The first-order valence-corrected chi connectivity index (χ1v) is 12.2. The van der Waals surface area contributed by atoms with Crippen molar-refractivity contribution in [3.63, 3.8) is 0 Å². The van der Waals surface area contributed by atoms with E-state index in [9.17, 15) is 18.0 Å². The predicted octanol–water partition coefficient (Wildman–Crippen LogP) is 7.35. The minimum Gasteiger partial charge on any atom is -0.352 e. The third-order valence-corrected chi connectivity index (χ3v) is 6.17. The summed E-state index contributed by atoms with van der Waals surface area (Å²) in [4.78, 5) is 23.8. The average Bonchev–Trinajstić information content (AvgIpc) is 3.38. The maximum absolute atomic E-state index is 13.0. The molecule has 0 radical (unpaired) electrons. The first kappa shape index (κ1) is 26.1. The molecule has 7 nitrogen and oxygen atoms in total. The molecule has 0 spiro atoms. The summed E-state index contributed by atoms with van der Waals surface area (Å²) < 4.78 is 40.8. The molecule has 5 aromatic rings. The van der Waals surface area contributed by atoms with E-state index in [1.54, 1.807) is 24.4 Å². The summed E-state index contributed by atoms with van der Waals surface area (Å²) in [5.74, 6) is 0.660. The molecule has 0 aliphatic rings. The zero-order valence-corrected chi connectivity index (χ0v) is 21.3. The molecule has 0 atom stereocenters. The van der Waals surface area contributed by atoms with E-state index in [1.807, 2.05) is 59.1 Å². The Labute approximate surface area is 226 Å². The van der Waals surface area contributed by atoms with Crippen LogP contribution in [0.15, 0.2) is 91.4 Å². The molecule has 3 aromatic carbocycles. The highest BCUT2D eigenvalue weighted by molar-refractivity contribution is 6.30. The van der Waals surface area contributed by atoms with Gasteiger partial charge in [0.25, 0.3) is 0 Å². The quantitative estimate of drug-likeness (QED) is 0.232. The Bertz CT molecular complexity index is 1640. The van der Waals surface area contributed by atoms with Crippen LogP contribution in [-0.4, -0.2) is 27.4 Å². The second kappa shape index (κ2) is 10.7. The van der Waals surface area contributed by atoms with Gasteiger partial charge in [-0.3, -0.25) is 0 Å². The van der Waals surface area contributed by atoms with Crippen LogP contribution in [0.2, 0.25) is 5.02 Å². The molecule has 0 aliphatic heterocycles. The molecule has 0 bridgehead atoms. The fraction of sp³-hybridized carbons (Fsp3) is 0.107.